The topological polar surface area (TPSA) is 131 Å². The van der Waals surface area contributed by atoms with Crippen LogP contribution in [0.3, 0.4) is 0 Å². The molecule has 36 heavy (non-hydrogen) atoms. The fraction of sp³-hybridized carbons (Fsp3) is 0.692. The molecule has 0 aromatic heterocycles. The van der Waals surface area contributed by atoms with Crippen LogP contribution in [0.4, 0.5) is 0 Å². The molecule has 0 saturated carbocycles. The van der Waals surface area contributed by atoms with Crippen LogP contribution < -0.4 is 5.32 Å². The first-order chi connectivity index (χ1) is 17.3. The predicted octanol–water partition coefficient (Wildman–Crippen LogP) is 5.14. The average Bonchev–Trinajstić information content (AvgIpc) is 2.86. The van der Waals surface area contributed by atoms with E-state index in [9.17, 15) is 24.2 Å². The van der Waals surface area contributed by atoms with Gasteiger partial charge in [0.05, 0.1) is 13.2 Å². The number of nitrogens with one attached hydrogen (secondary N) is 1. The number of unbranched alkanes of at least 4 members (excludes halogenated alkanes) is 5. The van der Waals surface area contributed by atoms with Crippen LogP contribution in [0.15, 0.2) is 36.5 Å². The molecule has 0 aromatic carbocycles. The number of hydrogen-bond acceptors (Lipinski definition) is 7. The second kappa shape index (κ2) is 23.6. The third-order valence-electron chi connectivity index (χ3n) is 4.90. The van der Waals surface area contributed by atoms with E-state index in [4.69, 9.17) is 4.74 Å². The van der Waals surface area contributed by atoms with Gasteiger partial charge in [-0.2, -0.15) is 0 Å². The highest BCUT2D eigenvalue weighted by molar-refractivity contribution is 7.47. The van der Waals surface area contributed by atoms with Crippen molar-refractivity contribution in [1.29, 1.82) is 0 Å². The Hall–Kier alpha value is -1.77. The van der Waals surface area contributed by atoms with Crippen molar-refractivity contribution in [2.45, 2.75) is 90.6 Å². The molecule has 2 atom stereocenters. The second-order valence-corrected chi connectivity index (χ2v) is 9.69. The van der Waals surface area contributed by atoms with Gasteiger partial charge >= 0.3 is 13.8 Å². The Morgan fingerprint density at radius 3 is 2.22 bits per heavy atom. The SMILES string of the molecule is CC/C=C\C/C=C\C/C=C\CCCCCCCC(=O)OCC(O)COP(=O)(O)OCCNC(=O)CC. The molecule has 0 rings (SSSR count). The van der Waals surface area contributed by atoms with E-state index in [-0.39, 0.29) is 32.1 Å². The van der Waals surface area contributed by atoms with Crippen molar-refractivity contribution >= 4 is 19.7 Å². The van der Waals surface area contributed by atoms with Crippen molar-refractivity contribution in [2.24, 2.45) is 0 Å². The highest BCUT2D eigenvalue weighted by Crippen LogP contribution is 2.42. The summed E-state index contributed by atoms with van der Waals surface area (Å²) in [7, 11) is -4.37. The van der Waals surface area contributed by atoms with Crippen molar-refractivity contribution in [2.75, 3.05) is 26.4 Å². The summed E-state index contributed by atoms with van der Waals surface area (Å²) in [6.07, 6.45) is 21.5. The second-order valence-electron chi connectivity index (χ2n) is 8.24. The van der Waals surface area contributed by atoms with E-state index >= 15 is 0 Å². The third kappa shape index (κ3) is 23.9. The molecule has 0 saturated heterocycles. The maximum atomic E-state index is 11.8. The zero-order valence-corrected chi connectivity index (χ0v) is 22.8. The molecule has 9 nitrogen and oxygen atoms in total. The standard InChI is InChI=1S/C26H46NO8P/c1-3-5-6-7-8-9-10-11-12-13-14-15-16-17-18-19-26(30)33-22-24(28)23-35-36(31,32)34-21-20-27-25(29)4-2/h5-6,8-9,11-12,24,28H,3-4,7,10,13-23H2,1-2H3,(H,27,29)(H,31,32)/b6-5-,9-8-,12-11-. The minimum atomic E-state index is -4.37. The van der Waals surface area contributed by atoms with Crippen LogP contribution in [0.5, 0.6) is 0 Å². The zero-order chi connectivity index (χ0) is 26.9. The molecule has 1 amide bonds. The molecular formula is C26H46NO8P. The van der Waals surface area contributed by atoms with Crippen LogP contribution >= 0.6 is 7.82 Å². The molecule has 0 aliphatic rings. The highest BCUT2D eigenvalue weighted by Gasteiger charge is 2.23. The molecule has 0 aromatic rings. The first-order valence-corrected chi connectivity index (χ1v) is 14.5. The van der Waals surface area contributed by atoms with Gasteiger partial charge < -0.3 is 20.1 Å². The van der Waals surface area contributed by atoms with Gasteiger partial charge in [-0.05, 0) is 38.5 Å². The summed E-state index contributed by atoms with van der Waals surface area (Å²) in [5, 5.41) is 12.3. The Labute approximate surface area is 216 Å². The normalized spacial score (nSPS) is 14.4. The number of ether oxygens (including phenoxy) is 1. The van der Waals surface area contributed by atoms with Gasteiger partial charge in [0.2, 0.25) is 5.91 Å². The molecule has 0 fully saturated rings. The van der Waals surface area contributed by atoms with Crippen LogP contribution in [0.25, 0.3) is 0 Å². The zero-order valence-electron chi connectivity index (χ0n) is 21.9. The van der Waals surface area contributed by atoms with Gasteiger partial charge in [-0.15, -0.1) is 0 Å². The van der Waals surface area contributed by atoms with Crippen LogP contribution in [0.1, 0.15) is 84.5 Å². The summed E-state index contributed by atoms with van der Waals surface area (Å²) >= 11 is 0. The Bertz CT molecular complexity index is 708. The van der Waals surface area contributed by atoms with E-state index < -0.39 is 26.5 Å². The molecule has 10 heteroatoms. The lowest BCUT2D eigenvalue weighted by Gasteiger charge is -2.15. The lowest BCUT2D eigenvalue weighted by Crippen LogP contribution is -2.26. The third-order valence-corrected chi connectivity index (χ3v) is 5.88. The number of phosphoric ester groups is 1. The number of aliphatic hydroxyl groups is 1. The Balaban J connectivity index is 3.66. The number of carbonyl (C=O) groups excluding carboxylic acids is 2. The predicted molar refractivity (Wildman–Crippen MR) is 141 cm³/mol. The quantitative estimate of drug-likeness (QED) is 0.0715. The Morgan fingerprint density at radius 1 is 0.889 bits per heavy atom. The van der Waals surface area contributed by atoms with Crippen LogP contribution in [0.2, 0.25) is 0 Å². The van der Waals surface area contributed by atoms with Gasteiger partial charge in [0.15, 0.2) is 0 Å². The summed E-state index contributed by atoms with van der Waals surface area (Å²) < 4.78 is 26.0. The van der Waals surface area contributed by atoms with Crippen molar-refractivity contribution in [3.63, 3.8) is 0 Å². The van der Waals surface area contributed by atoms with E-state index in [1.807, 2.05) is 0 Å². The molecule has 0 aliphatic carbocycles. The van der Waals surface area contributed by atoms with Gasteiger partial charge in [0.1, 0.15) is 12.7 Å². The Morgan fingerprint density at radius 2 is 1.53 bits per heavy atom. The summed E-state index contributed by atoms with van der Waals surface area (Å²) in [6, 6.07) is 0. The van der Waals surface area contributed by atoms with E-state index in [0.29, 0.717) is 12.8 Å². The Kier molecular flexibility index (Phi) is 22.5. The molecule has 0 bridgehead atoms. The summed E-state index contributed by atoms with van der Waals surface area (Å²) in [4.78, 5) is 32.4. The maximum absolute atomic E-state index is 11.8. The molecule has 3 N–H and O–H groups in total. The fourth-order valence-corrected chi connectivity index (χ4v) is 3.65. The minimum Gasteiger partial charge on any atom is -0.463 e. The number of rotatable bonds is 23. The van der Waals surface area contributed by atoms with Crippen LogP contribution in [0, 0.1) is 0 Å². The van der Waals surface area contributed by atoms with E-state index in [1.54, 1.807) is 6.92 Å². The van der Waals surface area contributed by atoms with Gasteiger partial charge in [0.25, 0.3) is 0 Å². The van der Waals surface area contributed by atoms with Gasteiger partial charge in [-0.25, -0.2) is 4.57 Å². The van der Waals surface area contributed by atoms with E-state index in [2.05, 4.69) is 57.7 Å². The van der Waals surface area contributed by atoms with Crippen LogP contribution in [-0.2, 0) is 27.9 Å². The fourth-order valence-electron chi connectivity index (χ4n) is 2.89. The van der Waals surface area contributed by atoms with Crippen LogP contribution in [-0.4, -0.2) is 54.3 Å². The molecular weight excluding hydrogens is 485 g/mol. The number of amides is 1. The summed E-state index contributed by atoms with van der Waals surface area (Å²) in [5.74, 6) is -0.631. The summed E-state index contributed by atoms with van der Waals surface area (Å²) in [5.41, 5.74) is 0. The number of hydrogen-bond donors (Lipinski definition) is 3. The molecule has 0 heterocycles. The molecule has 208 valence electrons. The van der Waals surface area contributed by atoms with Crippen molar-refractivity contribution in [3.8, 4) is 0 Å². The lowest BCUT2D eigenvalue weighted by atomic mass is 10.1. The largest absolute Gasteiger partial charge is 0.472 e. The average molecular weight is 532 g/mol. The number of carbonyl (C=O) groups is 2. The van der Waals surface area contributed by atoms with Crippen molar-refractivity contribution in [3.05, 3.63) is 36.5 Å². The van der Waals surface area contributed by atoms with Gasteiger partial charge in [-0.1, -0.05) is 69.6 Å². The van der Waals surface area contributed by atoms with Crippen molar-refractivity contribution < 1.29 is 37.9 Å². The first-order valence-electron chi connectivity index (χ1n) is 13.0. The molecule has 2 unspecified atom stereocenters. The minimum absolute atomic E-state index is 0.0627. The maximum Gasteiger partial charge on any atom is 0.472 e. The number of phosphoric acid groups is 1. The summed E-state index contributed by atoms with van der Waals surface area (Å²) in [6.45, 7) is 2.81. The first kappa shape index (κ1) is 34.2. The number of allylic oxidation sites excluding steroid dienone is 6. The lowest BCUT2D eigenvalue weighted by molar-refractivity contribution is -0.147. The molecule has 0 aliphatic heterocycles. The molecule has 0 spiro atoms. The smallest absolute Gasteiger partial charge is 0.463 e. The van der Waals surface area contributed by atoms with Gasteiger partial charge in [0, 0.05) is 19.4 Å². The number of aliphatic hydroxyl groups excluding tert-OH is 1. The van der Waals surface area contributed by atoms with Crippen molar-refractivity contribution in [1.82, 2.24) is 5.32 Å². The molecule has 0 radical (unpaired) electrons. The number of esters is 1. The highest BCUT2D eigenvalue weighted by atomic mass is 31.2. The van der Waals surface area contributed by atoms with E-state index in [0.717, 1.165) is 51.4 Å². The van der Waals surface area contributed by atoms with E-state index in [1.165, 1.54) is 0 Å². The monoisotopic (exact) mass is 531 g/mol. The van der Waals surface area contributed by atoms with Gasteiger partial charge in [-0.3, -0.25) is 18.6 Å².